The second-order valence-corrected chi connectivity index (χ2v) is 7.37. The maximum absolute atomic E-state index is 12.0. The summed E-state index contributed by atoms with van der Waals surface area (Å²) in [6.07, 6.45) is 5.24. The van der Waals surface area contributed by atoms with Crippen molar-refractivity contribution in [1.29, 1.82) is 0 Å². The second kappa shape index (κ2) is 6.09. The van der Waals surface area contributed by atoms with Gasteiger partial charge in [-0.2, -0.15) is 0 Å². The standard InChI is InChI=1S/C19H20N2O2.HNO3/c1-2-11-9-21-7-6-19-14-4-3-5-15(23)17(14)20-18(19)13(10-22)12(11)8-16(19)21;2-1(3)4/h2-5,10,12,16,20,23H,6-9H2,1H3;(H,2,3,4)/t12-,16-,19?;/m0./s1. The lowest BCUT2D eigenvalue weighted by Gasteiger charge is -2.48. The van der Waals surface area contributed by atoms with Crippen molar-refractivity contribution in [3.63, 3.8) is 0 Å². The van der Waals surface area contributed by atoms with Gasteiger partial charge in [-0.3, -0.25) is 9.69 Å². The summed E-state index contributed by atoms with van der Waals surface area (Å²) in [5.41, 5.74) is 5.13. The molecule has 5 rings (SSSR count). The zero-order valence-corrected chi connectivity index (χ0v) is 14.9. The van der Waals surface area contributed by atoms with Crippen LogP contribution in [0.15, 0.2) is 41.1 Å². The third-order valence-corrected chi connectivity index (χ3v) is 6.48. The third kappa shape index (κ3) is 2.29. The summed E-state index contributed by atoms with van der Waals surface area (Å²) in [5, 5.41) is 27.4. The Morgan fingerprint density at radius 1 is 1.44 bits per heavy atom. The number of nitrogens with one attached hydrogen (secondary N) is 1. The van der Waals surface area contributed by atoms with Crippen molar-refractivity contribution in [3.05, 3.63) is 56.8 Å². The first-order chi connectivity index (χ1) is 12.9. The van der Waals surface area contributed by atoms with Crippen LogP contribution in [0.3, 0.4) is 0 Å². The van der Waals surface area contributed by atoms with E-state index in [-0.39, 0.29) is 17.1 Å². The fourth-order valence-electron chi connectivity index (χ4n) is 5.50. The molecule has 0 saturated carbocycles. The quantitative estimate of drug-likeness (QED) is 0.228. The van der Waals surface area contributed by atoms with Crippen LogP contribution in [0.25, 0.3) is 0 Å². The Kier molecular flexibility index (Phi) is 3.96. The van der Waals surface area contributed by atoms with Gasteiger partial charge in [0.25, 0.3) is 5.09 Å². The molecule has 2 saturated heterocycles. The van der Waals surface area contributed by atoms with Crippen LogP contribution in [0, 0.1) is 16.0 Å². The van der Waals surface area contributed by atoms with Crippen LogP contribution >= 0.6 is 0 Å². The van der Waals surface area contributed by atoms with Crippen molar-refractivity contribution >= 4 is 12.0 Å². The number of carbonyl (C=O) groups is 1. The Morgan fingerprint density at radius 3 is 2.85 bits per heavy atom. The number of fused-ring (bicyclic) bond motifs is 2. The molecule has 2 fully saturated rings. The summed E-state index contributed by atoms with van der Waals surface area (Å²) in [4.78, 5) is 22.9. The zero-order valence-electron chi connectivity index (χ0n) is 14.9. The number of phenols is 1. The first kappa shape index (κ1) is 17.5. The number of nitrogens with zero attached hydrogens (tertiary/aromatic N) is 2. The monoisotopic (exact) mass is 371 g/mol. The molecule has 142 valence electrons. The number of allylic oxidation sites excluding steroid dienone is 2. The first-order valence-electron chi connectivity index (χ1n) is 8.95. The Labute approximate surface area is 155 Å². The van der Waals surface area contributed by atoms with Gasteiger partial charge in [0.1, 0.15) is 12.0 Å². The molecule has 1 unspecified atom stereocenters. The Bertz CT molecular complexity index is 889. The van der Waals surface area contributed by atoms with Crippen LogP contribution in [0.5, 0.6) is 5.75 Å². The molecule has 8 heteroatoms. The normalized spacial score (nSPS) is 31.5. The number of benzene rings is 1. The van der Waals surface area contributed by atoms with Crippen LogP contribution in [-0.2, 0) is 10.2 Å². The number of phenolic OH excluding ortho intramolecular Hbond substituents is 1. The number of carbonyl (C=O) groups excluding carboxylic acids is 1. The van der Waals surface area contributed by atoms with Crippen molar-refractivity contribution in [3.8, 4) is 5.75 Å². The molecule has 8 nitrogen and oxygen atoms in total. The summed E-state index contributed by atoms with van der Waals surface area (Å²) in [6.45, 7) is 4.08. The van der Waals surface area contributed by atoms with Crippen LogP contribution in [-0.4, -0.2) is 45.7 Å². The van der Waals surface area contributed by atoms with Crippen LogP contribution in [0.1, 0.15) is 25.3 Å². The largest absolute Gasteiger partial charge is 0.506 e. The van der Waals surface area contributed by atoms with Gasteiger partial charge in [0.05, 0.1) is 11.1 Å². The van der Waals surface area contributed by atoms with Crippen molar-refractivity contribution in [1.82, 2.24) is 4.90 Å². The highest BCUT2D eigenvalue weighted by molar-refractivity contribution is 5.86. The number of hydrogen-bond donors (Lipinski definition) is 3. The predicted octanol–water partition coefficient (Wildman–Crippen LogP) is 2.21. The molecule has 0 amide bonds. The molecular formula is C19H21N3O5. The second-order valence-electron chi connectivity index (χ2n) is 7.37. The maximum atomic E-state index is 12.0. The average Bonchev–Trinajstić information content (AvgIpc) is 3.18. The maximum Gasteiger partial charge on any atom is 0.291 e. The van der Waals surface area contributed by atoms with E-state index in [9.17, 15) is 9.90 Å². The molecule has 3 N–H and O–H groups in total. The number of aldehydes is 1. The minimum absolute atomic E-state index is 0.139. The van der Waals surface area contributed by atoms with Gasteiger partial charge in [-0.15, -0.1) is 10.1 Å². The predicted molar refractivity (Wildman–Crippen MR) is 97.1 cm³/mol. The fraction of sp³-hybridized carbons (Fsp3) is 0.421. The highest BCUT2D eigenvalue weighted by atomic mass is 16.9. The van der Waals surface area contributed by atoms with Gasteiger partial charge >= 0.3 is 0 Å². The van der Waals surface area contributed by atoms with Gasteiger partial charge in [0, 0.05) is 36.3 Å². The van der Waals surface area contributed by atoms with E-state index in [1.54, 1.807) is 6.07 Å². The van der Waals surface area contributed by atoms with E-state index >= 15 is 0 Å². The van der Waals surface area contributed by atoms with Crippen LogP contribution in [0.2, 0.25) is 0 Å². The van der Waals surface area contributed by atoms with Crippen molar-refractivity contribution < 1.29 is 20.2 Å². The van der Waals surface area contributed by atoms with Gasteiger partial charge in [0.2, 0.25) is 0 Å². The Hall–Kier alpha value is -2.87. The molecule has 1 aromatic carbocycles. The van der Waals surface area contributed by atoms with E-state index in [2.05, 4.69) is 29.3 Å². The molecule has 0 aromatic heterocycles. The van der Waals surface area contributed by atoms with Gasteiger partial charge < -0.3 is 15.6 Å². The van der Waals surface area contributed by atoms with Gasteiger partial charge in [-0.05, 0) is 31.4 Å². The molecule has 3 aliphatic heterocycles. The lowest BCUT2D eigenvalue weighted by molar-refractivity contribution is -0.742. The van der Waals surface area contributed by atoms with E-state index < -0.39 is 5.09 Å². The van der Waals surface area contributed by atoms with Crippen molar-refractivity contribution in [2.45, 2.75) is 31.2 Å². The molecule has 27 heavy (non-hydrogen) atoms. The summed E-state index contributed by atoms with van der Waals surface area (Å²) in [6, 6.07) is 6.18. The van der Waals surface area contributed by atoms with Gasteiger partial charge in [-0.1, -0.05) is 23.8 Å². The number of aromatic hydroxyl groups is 1. The number of piperidine rings is 1. The van der Waals surface area contributed by atoms with E-state index in [0.29, 0.717) is 6.04 Å². The van der Waals surface area contributed by atoms with Crippen LogP contribution < -0.4 is 5.32 Å². The number of para-hydroxylation sites is 1. The molecule has 1 aliphatic carbocycles. The Balaban J connectivity index is 0.000000413. The molecule has 1 spiro atoms. The summed E-state index contributed by atoms with van der Waals surface area (Å²) >= 11 is 0. The van der Waals surface area contributed by atoms with E-state index in [1.807, 2.05) is 6.07 Å². The lowest BCUT2D eigenvalue weighted by atomic mass is 9.62. The highest BCUT2D eigenvalue weighted by Gasteiger charge is 2.61. The smallest absolute Gasteiger partial charge is 0.291 e. The molecule has 4 aliphatic rings. The molecule has 2 bridgehead atoms. The summed E-state index contributed by atoms with van der Waals surface area (Å²) in [7, 11) is 0. The van der Waals surface area contributed by atoms with Crippen LogP contribution in [0.4, 0.5) is 5.69 Å². The summed E-state index contributed by atoms with van der Waals surface area (Å²) in [5.74, 6) is 0.507. The first-order valence-corrected chi connectivity index (χ1v) is 8.95. The Morgan fingerprint density at radius 2 is 2.19 bits per heavy atom. The lowest BCUT2D eigenvalue weighted by Crippen LogP contribution is -2.52. The van der Waals surface area contributed by atoms with Gasteiger partial charge in [-0.25, -0.2) is 0 Å². The molecule has 3 heterocycles. The SMILES string of the molecule is CC=C1CN2CCC34C(=C(C=O)[C@H]1C[C@H]23)Nc1c(O)cccc14.O=[N+]([O-])O. The minimum atomic E-state index is -1.50. The van der Waals surface area contributed by atoms with E-state index in [0.717, 1.165) is 49.2 Å². The van der Waals surface area contributed by atoms with Crippen molar-refractivity contribution in [2.75, 3.05) is 18.4 Å². The number of anilines is 1. The van der Waals surface area contributed by atoms with E-state index in [1.165, 1.54) is 11.1 Å². The van der Waals surface area contributed by atoms with Crippen molar-refractivity contribution in [2.24, 2.45) is 5.92 Å². The molecule has 0 radical (unpaired) electrons. The average molecular weight is 371 g/mol. The number of hydrogen-bond acceptors (Lipinski definition) is 6. The molecule has 1 aromatic rings. The topological polar surface area (TPSA) is 116 Å². The third-order valence-electron chi connectivity index (χ3n) is 6.48. The number of rotatable bonds is 1. The van der Waals surface area contributed by atoms with E-state index in [4.69, 9.17) is 15.3 Å². The highest BCUT2D eigenvalue weighted by Crippen LogP contribution is 2.61. The fourth-order valence-corrected chi connectivity index (χ4v) is 5.50. The molecule has 3 atom stereocenters. The minimum Gasteiger partial charge on any atom is -0.506 e. The summed E-state index contributed by atoms with van der Waals surface area (Å²) < 4.78 is 0. The molecular weight excluding hydrogens is 350 g/mol. The van der Waals surface area contributed by atoms with Gasteiger partial charge in [0.15, 0.2) is 0 Å². The zero-order chi connectivity index (χ0) is 19.3.